The number of allylic oxidation sites excluding steroid dienone is 1. The lowest BCUT2D eigenvalue weighted by Crippen LogP contribution is -2.18. The predicted octanol–water partition coefficient (Wildman–Crippen LogP) is 6.21. The van der Waals surface area contributed by atoms with Gasteiger partial charge in [-0.25, -0.2) is 0 Å². The maximum Gasteiger partial charge on any atom is 0.0694 e. The van der Waals surface area contributed by atoms with Crippen molar-refractivity contribution in [3.8, 4) is 0 Å². The van der Waals surface area contributed by atoms with E-state index in [1.54, 1.807) is 0 Å². The molecule has 3 aromatic rings. The van der Waals surface area contributed by atoms with Crippen molar-refractivity contribution < 1.29 is 0 Å². The topological polar surface area (TPSA) is 34.2 Å². The summed E-state index contributed by atoms with van der Waals surface area (Å²) in [5, 5.41) is 1.89. The van der Waals surface area contributed by atoms with Crippen LogP contribution in [0.3, 0.4) is 0 Å². The lowest BCUT2D eigenvalue weighted by atomic mass is 10.0. The first kappa shape index (κ1) is 20.2. The molecule has 3 nitrogen and oxygen atoms in total. The Hall–Kier alpha value is -2.59. The second-order valence-corrected chi connectivity index (χ2v) is 7.69. The van der Waals surface area contributed by atoms with E-state index in [-0.39, 0.29) is 0 Å². The van der Waals surface area contributed by atoms with Gasteiger partial charge in [0.05, 0.1) is 10.7 Å². The van der Waals surface area contributed by atoms with Crippen molar-refractivity contribution >= 4 is 40.6 Å². The Balaban J connectivity index is 2.20. The highest BCUT2D eigenvalue weighted by molar-refractivity contribution is 7.84. The number of nitrogens with zero attached hydrogens (tertiary/aromatic N) is 2. The number of fused-ring (bicyclic) bond motifs is 1. The van der Waals surface area contributed by atoms with Gasteiger partial charge in [-0.2, -0.15) is 0 Å². The minimum Gasteiger partial charge on any atom is -0.398 e. The van der Waals surface area contributed by atoms with Gasteiger partial charge in [-0.3, -0.25) is 0 Å². The summed E-state index contributed by atoms with van der Waals surface area (Å²) in [5.74, 6) is 0. The Bertz CT molecular complexity index is 1090. The molecule has 0 unspecified atom stereocenters. The quantitative estimate of drug-likeness (QED) is 0.400. The van der Waals surface area contributed by atoms with Crippen LogP contribution in [0.15, 0.2) is 54.1 Å². The van der Waals surface area contributed by atoms with Crippen molar-refractivity contribution in [1.29, 1.82) is 0 Å². The fraction of sp³-hybridized carbons (Fsp3) is 0.250. The number of anilines is 2. The second-order valence-electron chi connectivity index (χ2n) is 7.17. The van der Waals surface area contributed by atoms with Crippen LogP contribution >= 0.6 is 12.6 Å². The molecule has 4 heteroatoms. The number of hydrogen-bond acceptors (Lipinski definition) is 3. The van der Waals surface area contributed by atoms with Gasteiger partial charge in [-0.1, -0.05) is 25.6 Å². The Labute approximate surface area is 173 Å². The lowest BCUT2D eigenvalue weighted by Gasteiger charge is -2.28. The van der Waals surface area contributed by atoms with E-state index in [0.717, 1.165) is 29.1 Å². The standard InChI is InChI=1S/C24H29N3S/c1-7-18-9-11-22(25)21(13-18)23(8-2)27(17(5)28)19-10-12-24-20(14-19)15(3)16(4)26(24)6/h8-14,28H,5,7,25H2,1-4,6H3/b23-8-. The maximum atomic E-state index is 6.35. The molecule has 0 aliphatic carbocycles. The molecule has 0 aliphatic heterocycles. The van der Waals surface area contributed by atoms with E-state index in [9.17, 15) is 0 Å². The van der Waals surface area contributed by atoms with Crippen LogP contribution < -0.4 is 10.6 Å². The van der Waals surface area contributed by atoms with Gasteiger partial charge in [0.2, 0.25) is 0 Å². The third-order valence-corrected chi connectivity index (χ3v) is 5.82. The molecule has 0 bridgehead atoms. The highest BCUT2D eigenvalue weighted by Gasteiger charge is 2.19. The van der Waals surface area contributed by atoms with Crippen molar-refractivity contribution in [3.05, 3.63) is 76.5 Å². The Kier molecular flexibility index (Phi) is 5.61. The van der Waals surface area contributed by atoms with E-state index in [1.807, 2.05) is 13.0 Å². The third-order valence-electron chi connectivity index (χ3n) is 5.62. The van der Waals surface area contributed by atoms with Crippen LogP contribution in [0.5, 0.6) is 0 Å². The molecule has 1 heterocycles. The van der Waals surface area contributed by atoms with Crippen molar-refractivity contribution in [1.82, 2.24) is 4.57 Å². The Morgan fingerprint density at radius 2 is 1.93 bits per heavy atom. The molecule has 0 fully saturated rings. The fourth-order valence-corrected chi connectivity index (χ4v) is 3.98. The summed E-state index contributed by atoms with van der Waals surface area (Å²) >= 11 is 4.62. The first-order valence-electron chi connectivity index (χ1n) is 9.58. The number of benzene rings is 2. The van der Waals surface area contributed by atoms with Gasteiger partial charge in [0.15, 0.2) is 0 Å². The average Bonchev–Trinajstić information content (AvgIpc) is 2.90. The van der Waals surface area contributed by atoms with E-state index in [2.05, 4.69) is 92.9 Å². The zero-order valence-corrected chi connectivity index (χ0v) is 18.3. The van der Waals surface area contributed by atoms with E-state index in [4.69, 9.17) is 5.73 Å². The minimum atomic E-state index is 0.652. The molecule has 2 aromatic carbocycles. The number of rotatable bonds is 5. The molecule has 0 aliphatic rings. The number of thiol groups is 1. The van der Waals surface area contributed by atoms with Crippen molar-refractivity contribution in [3.63, 3.8) is 0 Å². The van der Waals surface area contributed by atoms with Crippen molar-refractivity contribution in [2.45, 2.75) is 34.1 Å². The van der Waals surface area contributed by atoms with E-state index >= 15 is 0 Å². The normalized spacial score (nSPS) is 11.9. The monoisotopic (exact) mass is 391 g/mol. The molecule has 0 saturated heterocycles. The van der Waals surface area contributed by atoms with E-state index in [0.29, 0.717) is 5.03 Å². The fourth-order valence-electron chi connectivity index (χ4n) is 3.76. The summed E-state index contributed by atoms with van der Waals surface area (Å²) in [6.07, 6.45) is 3.03. The van der Waals surface area contributed by atoms with E-state index < -0.39 is 0 Å². The molecule has 28 heavy (non-hydrogen) atoms. The summed E-state index contributed by atoms with van der Waals surface area (Å²) < 4.78 is 2.23. The van der Waals surface area contributed by atoms with Crippen LogP contribution in [0.25, 0.3) is 16.6 Å². The molecule has 2 N–H and O–H groups in total. The largest absolute Gasteiger partial charge is 0.398 e. The van der Waals surface area contributed by atoms with Crippen LogP contribution in [-0.2, 0) is 13.5 Å². The van der Waals surface area contributed by atoms with Crippen molar-refractivity contribution in [2.24, 2.45) is 7.05 Å². The highest BCUT2D eigenvalue weighted by atomic mass is 32.1. The first-order valence-corrected chi connectivity index (χ1v) is 10.0. The predicted molar refractivity (Wildman–Crippen MR) is 127 cm³/mol. The van der Waals surface area contributed by atoms with Gasteiger partial charge < -0.3 is 15.2 Å². The van der Waals surface area contributed by atoms with E-state index in [1.165, 1.54) is 27.7 Å². The number of aromatic nitrogens is 1. The SMILES string of the molecule is C=C(S)N(/C(=C\C)c1cc(CC)ccc1N)c1ccc2c(c1)c(C)c(C)n2C. The van der Waals surface area contributed by atoms with Crippen molar-refractivity contribution in [2.75, 3.05) is 10.6 Å². The highest BCUT2D eigenvalue weighted by Crippen LogP contribution is 2.37. The number of nitrogens with two attached hydrogens (primary N) is 1. The smallest absolute Gasteiger partial charge is 0.0694 e. The summed E-state index contributed by atoms with van der Waals surface area (Å²) in [5.41, 5.74) is 15.1. The lowest BCUT2D eigenvalue weighted by molar-refractivity contribution is 0.910. The van der Waals surface area contributed by atoms with Crippen LogP contribution in [0.2, 0.25) is 0 Å². The zero-order chi connectivity index (χ0) is 20.6. The first-order chi connectivity index (χ1) is 13.3. The number of nitrogen functional groups attached to an aromatic ring is 1. The minimum absolute atomic E-state index is 0.652. The third kappa shape index (κ3) is 3.33. The molecule has 0 saturated carbocycles. The van der Waals surface area contributed by atoms with Crippen LogP contribution in [-0.4, -0.2) is 4.57 Å². The van der Waals surface area contributed by atoms with Gasteiger partial charge in [-0.05, 0) is 68.7 Å². The van der Waals surface area contributed by atoms with Gasteiger partial charge >= 0.3 is 0 Å². The molecule has 0 radical (unpaired) electrons. The van der Waals surface area contributed by atoms with Gasteiger partial charge in [0.25, 0.3) is 0 Å². The summed E-state index contributed by atoms with van der Waals surface area (Å²) in [7, 11) is 2.11. The average molecular weight is 392 g/mol. The van der Waals surface area contributed by atoms with Crippen LogP contribution in [0, 0.1) is 13.8 Å². The molecule has 146 valence electrons. The molecule has 3 rings (SSSR count). The van der Waals surface area contributed by atoms with Gasteiger partial charge in [0, 0.05) is 40.6 Å². The molecular weight excluding hydrogens is 362 g/mol. The Morgan fingerprint density at radius 3 is 2.54 bits per heavy atom. The Morgan fingerprint density at radius 1 is 1.21 bits per heavy atom. The van der Waals surface area contributed by atoms with Crippen LogP contribution in [0.1, 0.15) is 36.2 Å². The summed E-state index contributed by atoms with van der Waals surface area (Å²) in [4.78, 5) is 2.06. The van der Waals surface area contributed by atoms with Crippen LogP contribution in [0.4, 0.5) is 11.4 Å². The molecule has 0 atom stereocenters. The summed E-state index contributed by atoms with van der Waals surface area (Å²) in [6.45, 7) is 12.6. The number of hydrogen-bond donors (Lipinski definition) is 2. The summed E-state index contributed by atoms with van der Waals surface area (Å²) in [6, 6.07) is 12.7. The number of aryl methyl sites for hydroxylation is 3. The molecule has 0 spiro atoms. The molecule has 0 amide bonds. The zero-order valence-electron chi connectivity index (χ0n) is 17.4. The maximum absolute atomic E-state index is 6.35. The van der Waals surface area contributed by atoms with Gasteiger partial charge in [0.1, 0.15) is 0 Å². The molecule has 1 aromatic heterocycles. The molecular formula is C24H29N3S. The second kappa shape index (κ2) is 7.80. The van der Waals surface area contributed by atoms with Gasteiger partial charge in [-0.15, -0.1) is 12.6 Å².